The lowest BCUT2D eigenvalue weighted by Gasteiger charge is -2.24. The average Bonchev–Trinajstić information content (AvgIpc) is 2.72. The van der Waals surface area contributed by atoms with E-state index >= 15 is 0 Å². The van der Waals surface area contributed by atoms with E-state index in [-0.39, 0.29) is 29.3 Å². The van der Waals surface area contributed by atoms with Crippen molar-refractivity contribution in [2.24, 2.45) is 22.2 Å². The Morgan fingerprint density at radius 3 is 2.24 bits per heavy atom. The van der Waals surface area contributed by atoms with E-state index in [0.717, 1.165) is 4.90 Å². The molecule has 2 aromatic carbocycles. The molecule has 0 aliphatic heterocycles. The number of non-ortho nitro benzene ring substituents is 1. The fourth-order valence-corrected chi connectivity index (χ4v) is 2.59. The van der Waals surface area contributed by atoms with Crippen LogP contribution in [0.4, 0.5) is 11.4 Å². The molecule has 0 aliphatic carbocycles. The molecule has 0 fully saturated rings. The Balaban J connectivity index is 2.28. The molecule has 0 saturated heterocycles. The van der Waals surface area contributed by atoms with Gasteiger partial charge in [-0.3, -0.25) is 24.7 Å². The number of hydrogen-bond donors (Lipinski definition) is 3. The van der Waals surface area contributed by atoms with Crippen molar-refractivity contribution >= 4 is 29.1 Å². The smallest absolute Gasteiger partial charge is 0.269 e. The number of guanidine groups is 1. The molecular formula is C19H22N6O4. The van der Waals surface area contributed by atoms with Crippen LogP contribution in [-0.4, -0.2) is 35.3 Å². The van der Waals surface area contributed by atoms with Gasteiger partial charge in [-0.2, -0.15) is 0 Å². The standard InChI is InChI=1S/C19H22N6O4/c20-16(7-4-12-23-19(21)22)18(27)24(17(26)13-5-2-1-3-6-13)14-8-10-15(11-9-14)25(28)29/h1-3,5-6,8-11,16H,4,7,12,20H2,(H4,21,22,23). The van der Waals surface area contributed by atoms with Gasteiger partial charge in [0.1, 0.15) is 0 Å². The maximum absolute atomic E-state index is 13.0. The minimum absolute atomic E-state index is 0.0586. The van der Waals surface area contributed by atoms with Gasteiger partial charge in [0.25, 0.3) is 17.5 Å². The molecule has 1 atom stereocenters. The summed E-state index contributed by atoms with van der Waals surface area (Å²) in [4.78, 5) is 41.0. The summed E-state index contributed by atoms with van der Waals surface area (Å²) in [5.74, 6) is -1.27. The van der Waals surface area contributed by atoms with Gasteiger partial charge in [0.2, 0.25) is 0 Å². The number of anilines is 1. The summed E-state index contributed by atoms with van der Waals surface area (Å²) in [7, 11) is 0. The highest BCUT2D eigenvalue weighted by atomic mass is 16.6. The van der Waals surface area contributed by atoms with Gasteiger partial charge in [0.15, 0.2) is 5.96 Å². The van der Waals surface area contributed by atoms with Crippen LogP contribution in [0, 0.1) is 10.1 Å². The van der Waals surface area contributed by atoms with E-state index in [9.17, 15) is 19.7 Å². The van der Waals surface area contributed by atoms with Crippen LogP contribution >= 0.6 is 0 Å². The van der Waals surface area contributed by atoms with E-state index in [1.807, 2.05) is 0 Å². The first-order valence-corrected chi connectivity index (χ1v) is 8.80. The molecule has 2 aromatic rings. The van der Waals surface area contributed by atoms with Crippen LogP contribution in [0.1, 0.15) is 23.2 Å². The summed E-state index contributed by atoms with van der Waals surface area (Å²) in [6, 6.07) is 12.3. The average molecular weight is 398 g/mol. The Bertz CT molecular complexity index is 895. The number of carbonyl (C=O) groups is 2. The summed E-state index contributed by atoms with van der Waals surface area (Å²) < 4.78 is 0. The molecule has 0 heterocycles. The van der Waals surface area contributed by atoms with Crippen molar-refractivity contribution in [3.05, 3.63) is 70.3 Å². The van der Waals surface area contributed by atoms with Gasteiger partial charge in [-0.15, -0.1) is 0 Å². The van der Waals surface area contributed by atoms with Gasteiger partial charge in [-0.05, 0) is 37.1 Å². The van der Waals surface area contributed by atoms with Gasteiger partial charge in [0.05, 0.1) is 16.7 Å². The first kappa shape index (κ1) is 21.5. The van der Waals surface area contributed by atoms with Crippen LogP contribution < -0.4 is 22.1 Å². The fourth-order valence-electron chi connectivity index (χ4n) is 2.59. The van der Waals surface area contributed by atoms with E-state index in [0.29, 0.717) is 13.0 Å². The van der Waals surface area contributed by atoms with E-state index in [1.54, 1.807) is 30.3 Å². The van der Waals surface area contributed by atoms with E-state index < -0.39 is 22.8 Å². The number of nitrogens with zero attached hydrogens (tertiary/aromatic N) is 3. The number of hydrogen-bond acceptors (Lipinski definition) is 6. The fraction of sp³-hybridized carbons (Fsp3) is 0.211. The molecular weight excluding hydrogens is 376 g/mol. The third-order valence-electron chi connectivity index (χ3n) is 4.05. The number of imide groups is 1. The number of aliphatic imine (C=N–C) groups is 1. The van der Waals surface area contributed by atoms with Gasteiger partial charge in [-0.1, -0.05) is 18.2 Å². The second-order valence-electron chi connectivity index (χ2n) is 6.17. The molecule has 29 heavy (non-hydrogen) atoms. The van der Waals surface area contributed by atoms with Crippen molar-refractivity contribution in [2.75, 3.05) is 11.4 Å². The first-order valence-electron chi connectivity index (χ1n) is 8.80. The SMILES string of the molecule is NC(N)=NCCCC(N)C(=O)N(C(=O)c1ccccc1)c1ccc([N+](=O)[O-])cc1. The summed E-state index contributed by atoms with van der Waals surface area (Å²) in [5.41, 5.74) is 16.8. The molecule has 2 amide bonds. The normalized spacial score (nSPS) is 11.3. The molecule has 10 nitrogen and oxygen atoms in total. The molecule has 2 rings (SSSR count). The lowest BCUT2D eigenvalue weighted by atomic mass is 10.1. The highest BCUT2D eigenvalue weighted by molar-refractivity contribution is 6.22. The second kappa shape index (κ2) is 9.95. The van der Waals surface area contributed by atoms with Crippen molar-refractivity contribution in [1.29, 1.82) is 0 Å². The third kappa shape index (κ3) is 5.84. The minimum atomic E-state index is -0.980. The molecule has 152 valence electrons. The number of amides is 2. The van der Waals surface area contributed by atoms with E-state index in [4.69, 9.17) is 17.2 Å². The maximum Gasteiger partial charge on any atom is 0.269 e. The molecule has 6 N–H and O–H groups in total. The molecule has 0 aromatic heterocycles. The second-order valence-corrected chi connectivity index (χ2v) is 6.17. The Morgan fingerprint density at radius 2 is 1.69 bits per heavy atom. The summed E-state index contributed by atoms with van der Waals surface area (Å²) >= 11 is 0. The van der Waals surface area contributed by atoms with Crippen molar-refractivity contribution in [3.63, 3.8) is 0 Å². The van der Waals surface area contributed by atoms with Crippen LogP contribution in [0.5, 0.6) is 0 Å². The van der Waals surface area contributed by atoms with E-state index in [2.05, 4.69) is 4.99 Å². The van der Waals surface area contributed by atoms with Crippen LogP contribution in [0.2, 0.25) is 0 Å². The molecule has 0 radical (unpaired) electrons. The van der Waals surface area contributed by atoms with Crippen molar-refractivity contribution in [2.45, 2.75) is 18.9 Å². The van der Waals surface area contributed by atoms with Crippen molar-refractivity contribution in [1.82, 2.24) is 0 Å². The number of nitrogens with two attached hydrogens (primary N) is 3. The minimum Gasteiger partial charge on any atom is -0.370 e. The number of benzene rings is 2. The van der Waals surface area contributed by atoms with Crippen molar-refractivity contribution in [3.8, 4) is 0 Å². The molecule has 1 unspecified atom stereocenters. The summed E-state index contributed by atoms with van der Waals surface area (Å²) in [5, 5.41) is 10.9. The Kier molecular flexibility index (Phi) is 7.38. The largest absolute Gasteiger partial charge is 0.370 e. The third-order valence-corrected chi connectivity index (χ3v) is 4.05. The number of rotatable bonds is 8. The van der Waals surface area contributed by atoms with Gasteiger partial charge in [-0.25, -0.2) is 4.90 Å². The lowest BCUT2D eigenvalue weighted by Crippen LogP contribution is -2.47. The molecule has 0 bridgehead atoms. The lowest BCUT2D eigenvalue weighted by molar-refractivity contribution is -0.384. The summed E-state index contributed by atoms with van der Waals surface area (Å²) in [6.45, 7) is 0.299. The predicted molar refractivity (Wildman–Crippen MR) is 109 cm³/mol. The zero-order chi connectivity index (χ0) is 21.4. The number of nitro groups is 1. The highest BCUT2D eigenvalue weighted by Crippen LogP contribution is 2.22. The topological polar surface area (TPSA) is 171 Å². The van der Waals surface area contributed by atoms with Crippen molar-refractivity contribution < 1.29 is 14.5 Å². The Hall–Kier alpha value is -3.79. The predicted octanol–water partition coefficient (Wildman–Crippen LogP) is 1.15. The van der Waals surface area contributed by atoms with Crippen LogP contribution in [0.15, 0.2) is 59.6 Å². The number of carbonyl (C=O) groups excluding carboxylic acids is 2. The highest BCUT2D eigenvalue weighted by Gasteiger charge is 2.29. The van der Waals surface area contributed by atoms with Gasteiger partial charge < -0.3 is 17.2 Å². The molecule has 0 spiro atoms. The summed E-state index contributed by atoms with van der Waals surface area (Å²) in [6.07, 6.45) is 0.694. The Morgan fingerprint density at radius 1 is 1.07 bits per heavy atom. The van der Waals surface area contributed by atoms with Crippen LogP contribution in [0.3, 0.4) is 0 Å². The molecule has 0 aliphatic rings. The molecule has 0 saturated carbocycles. The van der Waals surface area contributed by atoms with Crippen LogP contribution in [0.25, 0.3) is 0 Å². The zero-order valence-electron chi connectivity index (χ0n) is 15.6. The van der Waals surface area contributed by atoms with Gasteiger partial charge >= 0.3 is 0 Å². The Labute approximate surface area is 167 Å². The first-order chi connectivity index (χ1) is 13.8. The molecule has 10 heteroatoms. The monoisotopic (exact) mass is 398 g/mol. The zero-order valence-corrected chi connectivity index (χ0v) is 15.6. The quantitative estimate of drug-likeness (QED) is 0.197. The van der Waals surface area contributed by atoms with Crippen LogP contribution in [-0.2, 0) is 4.79 Å². The van der Waals surface area contributed by atoms with E-state index in [1.165, 1.54) is 24.3 Å². The number of nitro benzene ring substituents is 1. The van der Waals surface area contributed by atoms with Gasteiger partial charge in [0, 0.05) is 24.2 Å². The maximum atomic E-state index is 13.0.